The molecule has 3 rings (SSSR count). The van der Waals surface area contributed by atoms with Crippen molar-refractivity contribution in [2.45, 2.75) is 56.3 Å². The third kappa shape index (κ3) is 3.00. The van der Waals surface area contributed by atoms with E-state index in [0.29, 0.717) is 12.5 Å². The molecule has 0 spiro atoms. The molecule has 1 aliphatic heterocycles. The van der Waals surface area contributed by atoms with Crippen LogP contribution in [0.25, 0.3) is 0 Å². The van der Waals surface area contributed by atoms with E-state index in [1.165, 1.54) is 32.1 Å². The molecule has 1 aliphatic carbocycles. The van der Waals surface area contributed by atoms with E-state index in [4.69, 9.17) is 15.0 Å². The maximum absolute atomic E-state index is 5.97. The Morgan fingerprint density at radius 1 is 1.15 bits per heavy atom. The van der Waals surface area contributed by atoms with Crippen molar-refractivity contribution in [3.05, 3.63) is 11.7 Å². The smallest absolute Gasteiger partial charge is 0.234 e. The molecule has 6 heteroatoms. The Hall–Kier alpha value is -0.650. The fourth-order valence-corrected chi connectivity index (χ4v) is 3.24. The first kappa shape index (κ1) is 15.7. The van der Waals surface area contributed by atoms with Gasteiger partial charge in [-0.15, -0.1) is 12.4 Å². The van der Waals surface area contributed by atoms with E-state index in [1.807, 2.05) is 0 Å². The molecule has 0 atom stereocenters. The topological polar surface area (TPSA) is 74.2 Å². The Labute approximate surface area is 126 Å². The lowest BCUT2D eigenvalue weighted by molar-refractivity contribution is 0.0409. The number of halogens is 1. The van der Waals surface area contributed by atoms with Gasteiger partial charge in [0.05, 0.1) is 5.41 Å². The first-order valence-electron chi connectivity index (χ1n) is 7.46. The van der Waals surface area contributed by atoms with Crippen LogP contribution in [0.1, 0.15) is 62.6 Å². The van der Waals surface area contributed by atoms with Crippen molar-refractivity contribution in [2.75, 3.05) is 19.8 Å². The lowest BCUT2D eigenvalue weighted by Crippen LogP contribution is -2.41. The molecule has 20 heavy (non-hydrogen) atoms. The average molecular weight is 302 g/mol. The van der Waals surface area contributed by atoms with Gasteiger partial charge >= 0.3 is 0 Å². The van der Waals surface area contributed by atoms with Crippen LogP contribution in [0.3, 0.4) is 0 Å². The summed E-state index contributed by atoms with van der Waals surface area (Å²) in [6, 6.07) is 0. The molecule has 2 N–H and O–H groups in total. The van der Waals surface area contributed by atoms with Gasteiger partial charge in [-0.1, -0.05) is 24.4 Å². The van der Waals surface area contributed by atoms with Crippen LogP contribution in [0.4, 0.5) is 0 Å². The highest BCUT2D eigenvalue weighted by Gasteiger charge is 2.39. The third-order valence-electron chi connectivity index (χ3n) is 4.71. The number of aromatic nitrogens is 2. The van der Waals surface area contributed by atoms with Crippen molar-refractivity contribution in [2.24, 2.45) is 5.73 Å². The molecule has 2 heterocycles. The summed E-state index contributed by atoms with van der Waals surface area (Å²) >= 11 is 0. The molecule has 1 saturated carbocycles. The fraction of sp³-hybridized carbons (Fsp3) is 0.857. The highest BCUT2D eigenvalue weighted by molar-refractivity contribution is 5.85. The van der Waals surface area contributed by atoms with E-state index in [0.717, 1.165) is 37.8 Å². The van der Waals surface area contributed by atoms with Gasteiger partial charge in [0, 0.05) is 25.7 Å². The van der Waals surface area contributed by atoms with E-state index in [1.54, 1.807) is 0 Å². The van der Waals surface area contributed by atoms with Crippen LogP contribution in [0.5, 0.6) is 0 Å². The molecule has 0 aromatic carbocycles. The van der Waals surface area contributed by atoms with E-state index >= 15 is 0 Å². The maximum Gasteiger partial charge on any atom is 0.234 e. The fourth-order valence-electron chi connectivity index (χ4n) is 3.24. The molecule has 0 unspecified atom stereocenters. The molecule has 114 valence electrons. The van der Waals surface area contributed by atoms with Gasteiger partial charge in [0.2, 0.25) is 5.89 Å². The second kappa shape index (κ2) is 6.87. The molecule has 0 amide bonds. The number of ether oxygens (including phenoxy) is 1. The van der Waals surface area contributed by atoms with Crippen LogP contribution in [0.2, 0.25) is 0 Å². The minimum Gasteiger partial charge on any atom is -0.381 e. The zero-order chi connectivity index (χ0) is 13.1. The summed E-state index contributed by atoms with van der Waals surface area (Å²) < 4.78 is 11.0. The zero-order valence-corrected chi connectivity index (χ0v) is 12.7. The van der Waals surface area contributed by atoms with E-state index in [2.05, 4.69) is 10.1 Å². The Balaban J connectivity index is 0.00000147. The summed E-state index contributed by atoms with van der Waals surface area (Å²) in [5.41, 5.74) is 5.82. The van der Waals surface area contributed by atoms with Crippen LogP contribution in [-0.4, -0.2) is 29.9 Å². The van der Waals surface area contributed by atoms with Crippen LogP contribution in [0, 0.1) is 0 Å². The van der Waals surface area contributed by atoms with Crippen LogP contribution in [-0.2, 0) is 10.2 Å². The summed E-state index contributed by atoms with van der Waals surface area (Å²) in [5.74, 6) is 2.12. The van der Waals surface area contributed by atoms with Crippen molar-refractivity contribution in [3.63, 3.8) is 0 Å². The molecule has 0 bridgehead atoms. The van der Waals surface area contributed by atoms with Gasteiger partial charge in [-0.25, -0.2) is 0 Å². The molecule has 1 aromatic rings. The van der Waals surface area contributed by atoms with Gasteiger partial charge in [0.1, 0.15) is 0 Å². The second-order valence-corrected chi connectivity index (χ2v) is 5.89. The Bertz CT molecular complexity index is 412. The average Bonchev–Trinajstić information content (AvgIpc) is 2.99. The predicted molar refractivity (Wildman–Crippen MR) is 78.2 cm³/mol. The van der Waals surface area contributed by atoms with Crippen molar-refractivity contribution in [3.8, 4) is 0 Å². The van der Waals surface area contributed by atoms with Crippen LogP contribution < -0.4 is 5.73 Å². The highest BCUT2D eigenvalue weighted by atomic mass is 35.5. The van der Waals surface area contributed by atoms with Crippen LogP contribution >= 0.6 is 12.4 Å². The highest BCUT2D eigenvalue weighted by Crippen LogP contribution is 2.35. The van der Waals surface area contributed by atoms with Gasteiger partial charge in [0.15, 0.2) is 5.82 Å². The molecule has 1 saturated heterocycles. The first-order valence-corrected chi connectivity index (χ1v) is 7.46. The SMILES string of the molecule is Cl.NCC1(c2nc(C3CCCCC3)no2)CCOCC1. The molecular formula is C14H24ClN3O2. The number of nitrogens with zero attached hydrogens (tertiary/aromatic N) is 2. The lowest BCUT2D eigenvalue weighted by atomic mass is 9.80. The standard InChI is InChI=1S/C14H23N3O2.ClH/c15-10-14(6-8-18-9-7-14)13-16-12(17-19-13)11-4-2-1-3-5-11;/h11H,1-10,15H2;1H. The van der Waals surface area contributed by atoms with Gasteiger partial charge in [-0.2, -0.15) is 4.98 Å². The van der Waals surface area contributed by atoms with Gasteiger partial charge in [-0.3, -0.25) is 0 Å². The summed E-state index contributed by atoms with van der Waals surface area (Å²) in [6.45, 7) is 2.03. The quantitative estimate of drug-likeness (QED) is 0.928. The minimum absolute atomic E-state index is 0. The zero-order valence-electron chi connectivity index (χ0n) is 11.8. The molecular weight excluding hydrogens is 278 g/mol. The van der Waals surface area contributed by atoms with E-state index in [-0.39, 0.29) is 17.8 Å². The van der Waals surface area contributed by atoms with Gasteiger partial charge < -0.3 is 15.0 Å². The Morgan fingerprint density at radius 3 is 2.50 bits per heavy atom. The summed E-state index contributed by atoms with van der Waals surface area (Å²) in [7, 11) is 0. The maximum atomic E-state index is 5.97. The first-order chi connectivity index (χ1) is 9.34. The number of hydrogen-bond acceptors (Lipinski definition) is 5. The Kier molecular flexibility index (Phi) is 5.41. The summed E-state index contributed by atoms with van der Waals surface area (Å²) in [5, 5.41) is 4.23. The number of hydrogen-bond donors (Lipinski definition) is 1. The predicted octanol–water partition coefficient (Wildman–Crippen LogP) is 2.55. The third-order valence-corrected chi connectivity index (χ3v) is 4.71. The summed E-state index contributed by atoms with van der Waals surface area (Å²) in [4.78, 5) is 4.69. The molecule has 2 fully saturated rings. The van der Waals surface area contributed by atoms with Crippen molar-refractivity contribution in [1.29, 1.82) is 0 Å². The Morgan fingerprint density at radius 2 is 1.85 bits per heavy atom. The summed E-state index contributed by atoms with van der Waals surface area (Å²) in [6.07, 6.45) is 8.06. The van der Waals surface area contributed by atoms with Crippen molar-refractivity contribution < 1.29 is 9.26 Å². The van der Waals surface area contributed by atoms with Gasteiger partial charge in [-0.05, 0) is 25.7 Å². The normalized spacial score (nSPS) is 23.2. The molecule has 0 radical (unpaired) electrons. The van der Waals surface area contributed by atoms with Crippen molar-refractivity contribution >= 4 is 12.4 Å². The molecule has 5 nitrogen and oxygen atoms in total. The minimum atomic E-state index is -0.155. The number of rotatable bonds is 3. The molecule has 1 aromatic heterocycles. The van der Waals surface area contributed by atoms with Gasteiger partial charge in [0.25, 0.3) is 0 Å². The molecule has 2 aliphatic rings. The monoisotopic (exact) mass is 301 g/mol. The van der Waals surface area contributed by atoms with Crippen molar-refractivity contribution in [1.82, 2.24) is 10.1 Å². The van der Waals surface area contributed by atoms with E-state index < -0.39 is 0 Å². The van der Waals surface area contributed by atoms with Crippen LogP contribution in [0.15, 0.2) is 4.52 Å². The second-order valence-electron chi connectivity index (χ2n) is 5.89. The number of nitrogens with two attached hydrogens (primary N) is 1. The largest absolute Gasteiger partial charge is 0.381 e. The lowest BCUT2D eigenvalue weighted by Gasteiger charge is -2.32. The van der Waals surface area contributed by atoms with E-state index in [9.17, 15) is 0 Å².